The van der Waals surface area contributed by atoms with Gasteiger partial charge in [-0.05, 0) is 12.1 Å². The lowest BCUT2D eigenvalue weighted by molar-refractivity contribution is -0.0850. The Bertz CT molecular complexity index is 387. The minimum Gasteiger partial charge on any atom is -0.266 e. The van der Waals surface area contributed by atoms with E-state index in [1.54, 1.807) is 24.3 Å². The minimum atomic E-state index is -0.392. The topological polar surface area (TPSA) is 46.6 Å². The maximum atomic E-state index is 11.7. The predicted molar refractivity (Wildman–Crippen MR) is 67.0 cm³/mol. The molecule has 0 bridgehead atoms. The fourth-order valence-electron chi connectivity index (χ4n) is 1.41. The molecule has 0 saturated heterocycles. The van der Waals surface area contributed by atoms with Crippen molar-refractivity contribution < 1.29 is 14.4 Å². The van der Waals surface area contributed by atoms with E-state index in [0.717, 1.165) is 5.06 Å². The molecule has 1 heterocycles. The highest BCUT2D eigenvalue weighted by atomic mass is 79.9. The van der Waals surface area contributed by atoms with Crippen LogP contribution in [0.5, 0.6) is 0 Å². The van der Waals surface area contributed by atoms with Gasteiger partial charge in [0.2, 0.25) is 0 Å². The van der Waals surface area contributed by atoms with E-state index in [2.05, 4.69) is 15.9 Å². The largest absolute Gasteiger partial charge is 0.285 e. The van der Waals surface area contributed by atoms with Gasteiger partial charge in [-0.3, -0.25) is 14.4 Å². The van der Waals surface area contributed by atoms with E-state index in [0.29, 0.717) is 16.5 Å². The van der Waals surface area contributed by atoms with Gasteiger partial charge in [0.05, 0.1) is 17.7 Å². The monoisotopic (exact) mass is 349 g/mol. The quantitative estimate of drug-likeness (QED) is 0.620. The molecule has 0 radical (unpaired) electrons. The highest BCUT2D eigenvalue weighted by Gasteiger charge is 2.36. The number of nitrogens with zero attached hydrogens (tertiary/aromatic N) is 1. The van der Waals surface area contributed by atoms with Crippen molar-refractivity contribution in [2.24, 2.45) is 0 Å². The molecule has 2 amide bonds. The van der Waals surface area contributed by atoms with Gasteiger partial charge < -0.3 is 0 Å². The van der Waals surface area contributed by atoms with Crippen molar-refractivity contribution in [2.45, 2.75) is 0 Å². The Morgan fingerprint density at radius 3 is 2.06 bits per heavy atom. The van der Waals surface area contributed by atoms with Crippen LogP contribution in [-0.4, -0.2) is 28.8 Å². The Hall–Kier alpha value is -0.720. The third-order valence-electron chi connectivity index (χ3n) is 2.05. The molecule has 0 aliphatic carbocycles. The number of hydrogen-bond acceptors (Lipinski definition) is 3. The number of carbonyl (C=O) groups excluding carboxylic acids is 2. The molecule has 16 heavy (non-hydrogen) atoms. The Morgan fingerprint density at radius 2 is 1.62 bits per heavy atom. The second-order valence-corrected chi connectivity index (χ2v) is 3.77. The van der Waals surface area contributed by atoms with Crippen LogP contribution in [0.25, 0.3) is 0 Å². The molecule has 0 saturated carbocycles. The Balaban J connectivity index is 0.00000128. The van der Waals surface area contributed by atoms with Gasteiger partial charge in [0.15, 0.2) is 0 Å². The number of carbonyl (C=O) groups is 2. The zero-order valence-electron chi connectivity index (χ0n) is 8.18. The molecule has 1 aliphatic rings. The Kier molecular flexibility index (Phi) is 4.64. The zero-order chi connectivity index (χ0) is 10.8. The van der Waals surface area contributed by atoms with Crippen LogP contribution in [-0.2, 0) is 4.84 Å². The number of alkyl halides is 1. The van der Waals surface area contributed by atoms with Gasteiger partial charge >= 0.3 is 0 Å². The standard InChI is InChI=1S/C10H8BrNO3.BrH/c11-5-6-15-12-9(13)7-3-1-2-4-8(7)10(12)14;/h1-4H,5-6H2;1H. The molecule has 4 nitrogen and oxygen atoms in total. The van der Waals surface area contributed by atoms with E-state index >= 15 is 0 Å². The van der Waals surface area contributed by atoms with E-state index in [4.69, 9.17) is 4.84 Å². The molecule has 2 rings (SSSR count). The van der Waals surface area contributed by atoms with Crippen LogP contribution in [0, 0.1) is 0 Å². The smallest absolute Gasteiger partial charge is 0.266 e. The van der Waals surface area contributed by atoms with Crippen molar-refractivity contribution in [1.82, 2.24) is 5.06 Å². The summed E-state index contributed by atoms with van der Waals surface area (Å²) in [5, 5.41) is 1.38. The molecule has 1 aromatic carbocycles. The average Bonchev–Trinajstić information content (AvgIpc) is 2.51. The van der Waals surface area contributed by atoms with Crippen molar-refractivity contribution in [3.8, 4) is 0 Å². The zero-order valence-corrected chi connectivity index (χ0v) is 11.5. The average molecular weight is 351 g/mol. The van der Waals surface area contributed by atoms with Crippen LogP contribution in [0.1, 0.15) is 20.7 Å². The van der Waals surface area contributed by atoms with Gasteiger partial charge in [-0.25, -0.2) is 0 Å². The first-order valence-electron chi connectivity index (χ1n) is 4.42. The first kappa shape index (κ1) is 13.3. The first-order chi connectivity index (χ1) is 7.25. The summed E-state index contributed by atoms with van der Waals surface area (Å²) in [5.74, 6) is -0.784. The van der Waals surface area contributed by atoms with Gasteiger partial charge in [0.1, 0.15) is 0 Å². The lowest BCUT2D eigenvalue weighted by Crippen LogP contribution is -2.30. The van der Waals surface area contributed by atoms with Crippen molar-refractivity contribution in [2.75, 3.05) is 11.9 Å². The molecule has 0 spiro atoms. The van der Waals surface area contributed by atoms with Crippen LogP contribution in [0.4, 0.5) is 0 Å². The number of halogens is 2. The predicted octanol–water partition coefficient (Wildman–Crippen LogP) is 2.19. The number of amides is 2. The minimum absolute atomic E-state index is 0. The second kappa shape index (κ2) is 5.56. The van der Waals surface area contributed by atoms with Crippen LogP contribution in [0.3, 0.4) is 0 Å². The number of rotatable bonds is 3. The summed E-state index contributed by atoms with van der Waals surface area (Å²) in [6.45, 7) is 0.283. The molecular formula is C10H9Br2NO3. The second-order valence-electron chi connectivity index (χ2n) is 2.97. The van der Waals surface area contributed by atoms with Gasteiger partial charge in [-0.2, -0.15) is 0 Å². The lowest BCUT2D eigenvalue weighted by Gasteiger charge is -2.11. The normalized spacial score (nSPS) is 13.7. The number of benzene rings is 1. The summed E-state index contributed by atoms with van der Waals surface area (Å²) in [6, 6.07) is 6.68. The fourth-order valence-corrected chi connectivity index (χ4v) is 1.55. The van der Waals surface area contributed by atoms with Crippen LogP contribution < -0.4 is 0 Å². The van der Waals surface area contributed by atoms with Gasteiger partial charge in [-0.15, -0.1) is 22.0 Å². The molecule has 0 N–H and O–H groups in total. The summed E-state index contributed by atoms with van der Waals surface area (Å²) in [4.78, 5) is 28.4. The SMILES string of the molecule is Br.O=C1c2ccccc2C(=O)N1OCCBr. The molecule has 0 atom stereocenters. The van der Waals surface area contributed by atoms with E-state index in [9.17, 15) is 9.59 Å². The first-order valence-corrected chi connectivity index (χ1v) is 5.54. The van der Waals surface area contributed by atoms with Crippen LogP contribution in [0.15, 0.2) is 24.3 Å². The van der Waals surface area contributed by atoms with E-state index in [-0.39, 0.29) is 23.6 Å². The lowest BCUT2D eigenvalue weighted by atomic mass is 10.1. The van der Waals surface area contributed by atoms with E-state index < -0.39 is 11.8 Å². The number of hydroxylamine groups is 2. The number of hydrogen-bond donors (Lipinski definition) is 0. The maximum absolute atomic E-state index is 11.7. The van der Waals surface area contributed by atoms with Crippen molar-refractivity contribution >= 4 is 44.7 Å². The van der Waals surface area contributed by atoms with E-state index in [1.165, 1.54) is 0 Å². The third-order valence-corrected chi connectivity index (χ3v) is 2.38. The number of fused-ring (bicyclic) bond motifs is 1. The Morgan fingerprint density at radius 1 is 1.12 bits per heavy atom. The molecule has 1 aromatic rings. The van der Waals surface area contributed by atoms with Gasteiger partial charge in [0.25, 0.3) is 11.8 Å². The number of imide groups is 1. The molecule has 1 aliphatic heterocycles. The molecule has 6 heteroatoms. The summed E-state index contributed by atoms with van der Waals surface area (Å²) < 4.78 is 0. The molecular weight excluding hydrogens is 342 g/mol. The molecule has 86 valence electrons. The van der Waals surface area contributed by atoms with Crippen molar-refractivity contribution in [1.29, 1.82) is 0 Å². The highest BCUT2D eigenvalue weighted by Crippen LogP contribution is 2.22. The van der Waals surface area contributed by atoms with Gasteiger partial charge in [0, 0.05) is 5.33 Å². The van der Waals surface area contributed by atoms with Gasteiger partial charge in [-0.1, -0.05) is 28.1 Å². The Labute approximate surface area is 111 Å². The van der Waals surface area contributed by atoms with Crippen LogP contribution >= 0.6 is 32.9 Å². The highest BCUT2D eigenvalue weighted by molar-refractivity contribution is 9.09. The summed E-state index contributed by atoms with van der Waals surface area (Å²) in [7, 11) is 0. The van der Waals surface area contributed by atoms with Crippen molar-refractivity contribution in [3.63, 3.8) is 0 Å². The summed E-state index contributed by atoms with van der Waals surface area (Å²) in [5.41, 5.74) is 0.800. The molecule has 0 aromatic heterocycles. The fraction of sp³-hybridized carbons (Fsp3) is 0.200. The molecule has 0 unspecified atom stereocenters. The van der Waals surface area contributed by atoms with Crippen molar-refractivity contribution in [3.05, 3.63) is 35.4 Å². The molecule has 0 fully saturated rings. The van der Waals surface area contributed by atoms with Crippen LogP contribution in [0.2, 0.25) is 0 Å². The summed E-state index contributed by atoms with van der Waals surface area (Å²) >= 11 is 3.16. The van der Waals surface area contributed by atoms with E-state index in [1.807, 2.05) is 0 Å². The maximum Gasteiger partial charge on any atom is 0.285 e. The summed E-state index contributed by atoms with van der Waals surface area (Å²) in [6.07, 6.45) is 0. The third kappa shape index (κ3) is 2.18.